The van der Waals surface area contributed by atoms with Crippen LogP contribution in [0.4, 0.5) is 0 Å². The number of ether oxygens (including phenoxy) is 3. The van der Waals surface area contributed by atoms with Crippen LogP contribution in [0.1, 0.15) is 162 Å². The number of hydrogen-bond acceptors (Lipinski definition) is 7. The molecule has 0 spiro atoms. The van der Waals surface area contributed by atoms with Crippen LogP contribution in [0.15, 0.2) is 109 Å². The maximum atomic E-state index is 12.7. The van der Waals surface area contributed by atoms with E-state index in [2.05, 4.69) is 111 Å². The van der Waals surface area contributed by atoms with Gasteiger partial charge in [-0.05, 0) is 83.5 Å². The minimum absolute atomic E-state index is 0.00202. The summed E-state index contributed by atoms with van der Waals surface area (Å²) in [6.07, 6.45) is 59.9. The molecule has 0 aromatic carbocycles. The highest BCUT2D eigenvalue weighted by atomic mass is 16.6. The maximum absolute atomic E-state index is 12.7. The summed E-state index contributed by atoms with van der Waals surface area (Å²) in [5, 5.41) is 11.6. The van der Waals surface area contributed by atoms with E-state index in [1.807, 2.05) is 12.2 Å². The summed E-state index contributed by atoms with van der Waals surface area (Å²) in [6, 6.07) is -0.746. The van der Waals surface area contributed by atoms with E-state index >= 15 is 0 Å². The van der Waals surface area contributed by atoms with Crippen LogP contribution in [0.25, 0.3) is 0 Å². The van der Waals surface area contributed by atoms with Crippen LogP contribution in [0.5, 0.6) is 0 Å². The number of nitrogens with zero attached hydrogens (tertiary/aromatic N) is 1. The molecule has 0 radical (unpaired) electrons. The third-order valence-corrected chi connectivity index (χ3v) is 9.92. The highest BCUT2D eigenvalue weighted by Crippen LogP contribution is 2.13. The van der Waals surface area contributed by atoms with Gasteiger partial charge in [-0.3, -0.25) is 9.59 Å². The molecule has 0 aliphatic heterocycles. The largest absolute Gasteiger partial charge is 0.544 e. The van der Waals surface area contributed by atoms with Gasteiger partial charge in [0.25, 0.3) is 0 Å². The van der Waals surface area contributed by atoms with Crippen molar-refractivity contribution in [3.63, 3.8) is 0 Å². The minimum atomic E-state index is -1.14. The second-order valence-corrected chi connectivity index (χ2v) is 16.6. The van der Waals surface area contributed by atoms with Gasteiger partial charge in [0.05, 0.1) is 40.3 Å². The first-order valence-corrected chi connectivity index (χ1v) is 23.9. The molecule has 350 valence electrons. The first-order valence-electron chi connectivity index (χ1n) is 23.9. The van der Waals surface area contributed by atoms with Crippen molar-refractivity contribution < 1.29 is 38.2 Å². The molecular formula is C54H87NO7. The number of quaternary nitrogens is 1. The van der Waals surface area contributed by atoms with Gasteiger partial charge in [0.1, 0.15) is 12.6 Å². The Balaban J connectivity index is 4.38. The van der Waals surface area contributed by atoms with Crippen LogP contribution in [0.2, 0.25) is 0 Å². The fourth-order valence-electron chi connectivity index (χ4n) is 6.29. The van der Waals surface area contributed by atoms with E-state index in [0.29, 0.717) is 12.8 Å². The summed E-state index contributed by atoms with van der Waals surface area (Å²) in [7, 11) is 5.37. The summed E-state index contributed by atoms with van der Waals surface area (Å²) >= 11 is 0. The molecule has 0 bridgehead atoms. The van der Waals surface area contributed by atoms with Crippen molar-refractivity contribution in [3.8, 4) is 0 Å². The first-order chi connectivity index (χ1) is 30.1. The van der Waals surface area contributed by atoms with Crippen molar-refractivity contribution in [2.24, 2.45) is 0 Å². The van der Waals surface area contributed by atoms with Crippen molar-refractivity contribution in [2.75, 3.05) is 41.0 Å². The number of carboxylic acids is 1. The summed E-state index contributed by atoms with van der Waals surface area (Å²) in [4.78, 5) is 36.9. The quantitative estimate of drug-likeness (QED) is 0.0261. The molecule has 0 N–H and O–H groups in total. The second kappa shape index (κ2) is 43.6. The molecule has 0 saturated carbocycles. The monoisotopic (exact) mass is 862 g/mol. The average Bonchev–Trinajstić information content (AvgIpc) is 3.23. The van der Waals surface area contributed by atoms with Gasteiger partial charge >= 0.3 is 11.9 Å². The highest BCUT2D eigenvalue weighted by molar-refractivity contribution is 5.70. The number of unbranched alkanes of at least 4 members (excludes halogenated alkanes) is 9. The molecule has 2 atom stereocenters. The molecule has 0 saturated heterocycles. The summed E-state index contributed by atoms with van der Waals surface area (Å²) < 4.78 is 17.1. The van der Waals surface area contributed by atoms with E-state index in [1.54, 1.807) is 21.1 Å². The molecule has 0 aliphatic carbocycles. The summed E-state index contributed by atoms with van der Waals surface area (Å²) in [6.45, 7) is 4.33. The lowest BCUT2D eigenvalue weighted by atomic mass is 10.1. The van der Waals surface area contributed by atoms with E-state index in [9.17, 15) is 19.5 Å². The third-order valence-electron chi connectivity index (χ3n) is 9.92. The Kier molecular flexibility index (Phi) is 40.8. The number of allylic oxidation sites excluding steroid dienone is 18. The standard InChI is InChI=1S/C54H87NO7/c1-6-8-10-12-14-16-18-20-22-24-25-26-27-28-29-31-32-34-36-38-40-42-44-52(56)61-49-50(48-60-47-46-51(54(58)59)55(3,4)5)62-53(57)45-43-41-39-37-35-33-30-23-21-19-17-15-13-11-9-7-2/h8-11,14-17,20-23,25-26,33,35,39,41,50-51H,6-7,12-13,18-19,24,27-32,34,36-38,40,42-49H2,1-5H3/b10-8+,11-9+,16-14+,17-15+,22-20+,23-21+,26-25+,35-33+,41-39+. The minimum Gasteiger partial charge on any atom is -0.544 e. The number of carbonyl (C=O) groups is 3. The van der Waals surface area contributed by atoms with E-state index in [0.717, 1.165) is 83.5 Å². The Hall–Kier alpha value is -4.01. The SMILES string of the molecule is CC/C=C/C/C=C/C/C=C/C/C=C/C/C=C/CCC(=O)OC(COCCC(C(=O)[O-])[N+](C)(C)C)COC(=O)CCCCCCCCCCC/C=C/C/C=C/C/C=C/C/C=C/CC. The lowest BCUT2D eigenvalue weighted by Gasteiger charge is -2.34. The predicted molar refractivity (Wildman–Crippen MR) is 258 cm³/mol. The lowest BCUT2D eigenvalue weighted by molar-refractivity contribution is -0.889. The third kappa shape index (κ3) is 41.3. The van der Waals surface area contributed by atoms with Crippen LogP contribution in [0, 0.1) is 0 Å². The van der Waals surface area contributed by atoms with Gasteiger partial charge in [-0.1, -0.05) is 168 Å². The zero-order valence-electron chi connectivity index (χ0n) is 39.7. The number of carbonyl (C=O) groups excluding carboxylic acids is 3. The number of hydrogen-bond donors (Lipinski definition) is 0. The molecule has 0 fully saturated rings. The molecule has 0 rings (SSSR count). The Morgan fingerprint density at radius 1 is 0.484 bits per heavy atom. The fraction of sp³-hybridized carbons (Fsp3) is 0.611. The zero-order chi connectivity index (χ0) is 45.6. The predicted octanol–water partition coefficient (Wildman–Crippen LogP) is 12.3. The van der Waals surface area contributed by atoms with Gasteiger partial charge in [0.2, 0.25) is 0 Å². The maximum Gasteiger partial charge on any atom is 0.306 e. The number of likely N-dealkylation sites (N-methyl/N-ethyl adjacent to an activating group) is 1. The molecule has 8 heteroatoms. The van der Waals surface area contributed by atoms with Crippen LogP contribution < -0.4 is 5.11 Å². The lowest BCUT2D eigenvalue weighted by Crippen LogP contribution is -2.55. The van der Waals surface area contributed by atoms with Gasteiger partial charge in [0.15, 0.2) is 6.10 Å². The summed E-state index contributed by atoms with van der Waals surface area (Å²) in [5.74, 6) is -1.86. The Bertz CT molecular complexity index is 1370. The van der Waals surface area contributed by atoms with Crippen LogP contribution in [-0.2, 0) is 28.6 Å². The number of aliphatic carboxylic acids is 1. The Labute approximate surface area is 378 Å². The van der Waals surface area contributed by atoms with Gasteiger partial charge in [0, 0.05) is 19.3 Å². The second-order valence-electron chi connectivity index (χ2n) is 16.6. The summed E-state index contributed by atoms with van der Waals surface area (Å²) in [5.41, 5.74) is 0. The molecule has 2 unspecified atom stereocenters. The number of rotatable bonds is 41. The normalized spacial score (nSPS) is 13.9. The van der Waals surface area contributed by atoms with Gasteiger partial charge in [-0.15, -0.1) is 0 Å². The molecule has 0 aliphatic rings. The molecular weight excluding hydrogens is 775 g/mol. The highest BCUT2D eigenvalue weighted by Gasteiger charge is 2.25. The number of esters is 2. The molecule has 0 aromatic rings. The zero-order valence-corrected chi connectivity index (χ0v) is 39.7. The molecule has 62 heavy (non-hydrogen) atoms. The first kappa shape index (κ1) is 58.0. The van der Waals surface area contributed by atoms with E-state index in [4.69, 9.17) is 14.2 Å². The van der Waals surface area contributed by atoms with Gasteiger partial charge in [-0.25, -0.2) is 0 Å². The van der Waals surface area contributed by atoms with E-state index in [-0.39, 0.29) is 43.1 Å². The van der Waals surface area contributed by atoms with Gasteiger partial charge in [-0.2, -0.15) is 0 Å². The molecule has 0 aromatic heterocycles. The average molecular weight is 862 g/mol. The fourth-order valence-corrected chi connectivity index (χ4v) is 6.29. The van der Waals surface area contributed by atoms with Crippen molar-refractivity contribution in [1.29, 1.82) is 0 Å². The van der Waals surface area contributed by atoms with Crippen LogP contribution >= 0.6 is 0 Å². The molecule has 0 heterocycles. The van der Waals surface area contributed by atoms with E-state index in [1.165, 1.54) is 38.5 Å². The van der Waals surface area contributed by atoms with Crippen molar-refractivity contribution in [3.05, 3.63) is 109 Å². The van der Waals surface area contributed by atoms with Crippen LogP contribution in [-0.4, -0.2) is 75.5 Å². The molecule has 8 nitrogen and oxygen atoms in total. The van der Waals surface area contributed by atoms with Crippen LogP contribution in [0.3, 0.4) is 0 Å². The van der Waals surface area contributed by atoms with Gasteiger partial charge < -0.3 is 28.6 Å². The van der Waals surface area contributed by atoms with E-state index < -0.39 is 24.1 Å². The van der Waals surface area contributed by atoms with Crippen molar-refractivity contribution >= 4 is 17.9 Å². The smallest absolute Gasteiger partial charge is 0.306 e. The Morgan fingerprint density at radius 3 is 1.32 bits per heavy atom. The number of carboxylic acid groups (broad SMARTS) is 1. The van der Waals surface area contributed by atoms with Crippen molar-refractivity contribution in [2.45, 2.75) is 174 Å². The Morgan fingerprint density at radius 2 is 0.887 bits per heavy atom. The van der Waals surface area contributed by atoms with Crippen molar-refractivity contribution in [1.82, 2.24) is 0 Å². The molecule has 0 amide bonds. The topological polar surface area (TPSA) is 102 Å².